The van der Waals surface area contributed by atoms with E-state index in [4.69, 9.17) is 5.73 Å². The first-order valence-electron chi connectivity index (χ1n) is 8.72. The Labute approximate surface area is 151 Å². The molecular formula is C19H24FN3OS. The third-order valence-corrected chi connectivity index (χ3v) is 5.73. The number of carbonyl (C=O) groups is 1. The van der Waals surface area contributed by atoms with Gasteiger partial charge in [-0.15, -0.1) is 11.3 Å². The second-order valence-corrected chi connectivity index (χ2v) is 7.73. The second-order valence-electron chi connectivity index (χ2n) is 6.79. The van der Waals surface area contributed by atoms with E-state index in [1.54, 1.807) is 23.5 Å². The van der Waals surface area contributed by atoms with Crippen LogP contribution in [0.5, 0.6) is 0 Å². The van der Waals surface area contributed by atoms with Crippen molar-refractivity contribution in [3.05, 3.63) is 51.7 Å². The maximum Gasteiger partial charge on any atom is 0.228 e. The molecule has 2 heterocycles. The first kappa shape index (κ1) is 18.0. The van der Waals surface area contributed by atoms with Gasteiger partial charge in [0.25, 0.3) is 0 Å². The SMILES string of the molecule is CC(N)C1CCN(C(=O)Cc2csc(Cc3ccc(F)cc3)n2)CC1. The van der Waals surface area contributed by atoms with Crippen molar-refractivity contribution >= 4 is 17.2 Å². The van der Waals surface area contributed by atoms with Gasteiger partial charge in [-0.1, -0.05) is 12.1 Å². The van der Waals surface area contributed by atoms with Crippen molar-refractivity contribution in [3.8, 4) is 0 Å². The van der Waals surface area contributed by atoms with Crippen LogP contribution in [0.4, 0.5) is 4.39 Å². The van der Waals surface area contributed by atoms with Gasteiger partial charge in [0, 0.05) is 30.9 Å². The highest BCUT2D eigenvalue weighted by atomic mass is 32.1. The van der Waals surface area contributed by atoms with Crippen LogP contribution in [0.25, 0.3) is 0 Å². The minimum atomic E-state index is -0.234. The quantitative estimate of drug-likeness (QED) is 0.891. The van der Waals surface area contributed by atoms with Gasteiger partial charge in [-0.2, -0.15) is 0 Å². The van der Waals surface area contributed by atoms with E-state index in [2.05, 4.69) is 4.98 Å². The number of nitrogens with two attached hydrogens (primary N) is 1. The Morgan fingerprint density at radius 3 is 2.68 bits per heavy atom. The number of hydrogen-bond acceptors (Lipinski definition) is 4. The molecule has 0 spiro atoms. The van der Waals surface area contributed by atoms with E-state index >= 15 is 0 Å². The summed E-state index contributed by atoms with van der Waals surface area (Å²) in [7, 11) is 0. The highest BCUT2D eigenvalue weighted by Gasteiger charge is 2.25. The summed E-state index contributed by atoms with van der Waals surface area (Å²) in [6, 6.07) is 6.65. The maximum atomic E-state index is 13.0. The molecule has 1 unspecified atom stereocenters. The lowest BCUT2D eigenvalue weighted by molar-refractivity contribution is -0.132. The van der Waals surface area contributed by atoms with E-state index in [1.807, 2.05) is 17.2 Å². The van der Waals surface area contributed by atoms with Crippen LogP contribution < -0.4 is 5.73 Å². The van der Waals surface area contributed by atoms with Crippen LogP contribution in [0.3, 0.4) is 0 Å². The van der Waals surface area contributed by atoms with Crippen molar-refractivity contribution in [3.63, 3.8) is 0 Å². The lowest BCUT2D eigenvalue weighted by Gasteiger charge is -2.33. The highest BCUT2D eigenvalue weighted by molar-refractivity contribution is 7.09. The van der Waals surface area contributed by atoms with Gasteiger partial charge in [0.15, 0.2) is 0 Å². The Morgan fingerprint density at radius 2 is 2.04 bits per heavy atom. The van der Waals surface area contributed by atoms with Crippen molar-refractivity contribution in [1.29, 1.82) is 0 Å². The largest absolute Gasteiger partial charge is 0.342 e. The van der Waals surface area contributed by atoms with Crippen LogP contribution in [-0.4, -0.2) is 34.9 Å². The summed E-state index contributed by atoms with van der Waals surface area (Å²) in [6.07, 6.45) is 2.98. The zero-order valence-corrected chi connectivity index (χ0v) is 15.3. The molecule has 1 saturated heterocycles. The number of halogens is 1. The van der Waals surface area contributed by atoms with E-state index in [0.717, 1.165) is 42.2 Å². The van der Waals surface area contributed by atoms with Gasteiger partial charge >= 0.3 is 0 Å². The number of carbonyl (C=O) groups excluding carboxylic acids is 1. The Hall–Kier alpha value is -1.79. The molecule has 1 fully saturated rings. The average Bonchev–Trinajstić information content (AvgIpc) is 3.04. The molecule has 0 radical (unpaired) electrons. The van der Waals surface area contributed by atoms with Gasteiger partial charge in [0.2, 0.25) is 5.91 Å². The second kappa shape index (κ2) is 8.06. The number of likely N-dealkylation sites (tertiary alicyclic amines) is 1. The topological polar surface area (TPSA) is 59.2 Å². The molecule has 1 aliphatic heterocycles. The number of amides is 1. The fraction of sp³-hybridized carbons (Fsp3) is 0.474. The van der Waals surface area contributed by atoms with E-state index in [9.17, 15) is 9.18 Å². The van der Waals surface area contributed by atoms with Gasteiger partial charge in [0.1, 0.15) is 5.82 Å². The summed E-state index contributed by atoms with van der Waals surface area (Å²) in [5, 5.41) is 2.90. The molecule has 1 amide bonds. The van der Waals surface area contributed by atoms with E-state index in [1.165, 1.54) is 12.1 Å². The smallest absolute Gasteiger partial charge is 0.228 e. The van der Waals surface area contributed by atoms with Crippen LogP contribution in [0, 0.1) is 11.7 Å². The van der Waals surface area contributed by atoms with Crippen molar-refractivity contribution in [2.75, 3.05) is 13.1 Å². The number of piperidine rings is 1. The van der Waals surface area contributed by atoms with Crippen molar-refractivity contribution < 1.29 is 9.18 Å². The minimum Gasteiger partial charge on any atom is -0.342 e. The Morgan fingerprint density at radius 1 is 1.36 bits per heavy atom. The molecule has 134 valence electrons. The van der Waals surface area contributed by atoms with Crippen molar-refractivity contribution in [2.45, 2.75) is 38.6 Å². The van der Waals surface area contributed by atoms with Crippen LogP contribution in [0.15, 0.2) is 29.6 Å². The lowest BCUT2D eigenvalue weighted by atomic mass is 9.91. The normalized spacial score (nSPS) is 16.8. The number of benzene rings is 1. The minimum absolute atomic E-state index is 0.141. The fourth-order valence-corrected chi connectivity index (χ4v) is 4.06. The molecule has 4 nitrogen and oxygen atoms in total. The van der Waals surface area contributed by atoms with E-state index in [-0.39, 0.29) is 17.8 Å². The first-order chi connectivity index (χ1) is 12.0. The molecule has 2 aromatic rings. The first-order valence-corrected chi connectivity index (χ1v) is 9.60. The standard InChI is InChI=1S/C19H24FN3OS/c1-13(21)15-6-8-23(9-7-15)19(24)11-17-12-25-18(22-17)10-14-2-4-16(20)5-3-14/h2-5,12-13,15H,6-11,21H2,1H3. The van der Waals surface area contributed by atoms with Gasteiger partial charge < -0.3 is 10.6 Å². The molecule has 6 heteroatoms. The van der Waals surface area contributed by atoms with Crippen molar-refractivity contribution in [1.82, 2.24) is 9.88 Å². The summed E-state index contributed by atoms with van der Waals surface area (Å²) < 4.78 is 13.0. The van der Waals surface area contributed by atoms with Gasteiger partial charge in [0.05, 0.1) is 17.1 Å². The molecule has 0 saturated carbocycles. The zero-order chi connectivity index (χ0) is 17.8. The summed E-state index contributed by atoms with van der Waals surface area (Å²) in [4.78, 5) is 19.0. The molecule has 1 atom stereocenters. The number of rotatable bonds is 5. The number of aromatic nitrogens is 1. The predicted octanol–water partition coefficient (Wildman–Crippen LogP) is 3.00. The maximum absolute atomic E-state index is 13.0. The van der Waals surface area contributed by atoms with Gasteiger partial charge in [-0.25, -0.2) is 9.37 Å². The number of nitrogens with zero attached hydrogens (tertiary/aromatic N) is 2. The van der Waals surface area contributed by atoms with Crippen LogP contribution in [0.2, 0.25) is 0 Å². The summed E-state index contributed by atoms with van der Waals surface area (Å²) >= 11 is 1.55. The third kappa shape index (κ3) is 4.86. The Kier molecular flexibility index (Phi) is 5.81. The third-order valence-electron chi connectivity index (χ3n) is 4.84. The number of hydrogen-bond donors (Lipinski definition) is 1. The van der Waals surface area contributed by atoms with Crippen molar-refractivity contribution in [2.24, 2.45) is 11.7 Å². The van der Waals surface area contributed by atoms with Crippen LogP contribution in [-0.2, 0) is 17.6 Å². The molecule has 1 aromatic heterocycles. The summed E-state index contributed by atoms with van der Waals surface area (Å²) in [6.45, 7) is 3.62. The fourth-order valence-electron chi connectivity index (χ4n) is 3.23. The molecule has 1 aromatic carbocycles. The van der Waals surface area contributed by atoms with E-state index in [0.29, 0.717) is 18.8 Å². The summed E-state index contributed by atoms with van der Waals surface area (Å²) in [5.74, 6) is 0.425. The molecule has 2 N–H and O–H groups in total. The van der Waals surface area contributed by atoms with Gasteiger partial charge in [-0.05, 0) is 43.4 Å². The Bertz CT molecular complexity index is 706. The monoisotopic (exact) mass is 361 g/mol. The molecule has 0 bridgehead atoms. The molecule has 3 rings (SSSR count). The Balaban J connectivity index is 1.52. The van der Waals surface area contributed by atoms with Gasteiger partial charge in [-0.3, -0.25) is 4.79 Å². The molecule has 1 aliphatic rings. The highest BCUT2D eigenvalue weighted by Crippen LogP contribution is 2.21. The van der Waals surface area contributed by atoms with Crippen LogP contribution >= 0.6 is 11.3 Å². The molecule has 25 heavy (non-hydrogen) atoms. The molecular weight excluding hydrogens is 337 g/mol. The lowest BCUT2D eigenvalue weighted by Crippen LogP contribution is -2.43. The van der Waals surface area contributed by atoms with E-state index < -0.39 is 0 Å². The number of thiazole rings is 1. The molecule has 0 aliphatic carbocycles. The zero-order valence-electron chi connectivity index (χ0n) is 14.5. The summed E-state index contributed by atoms with van der Waals surface area (Å²) in [5.41, 5.74) is 7.79. The van der Waals surface area contributed by atoms with Crippen LogP contribution in [0.1, 0.15) is 36.0 Å². The predicted molar refractivity (Wildman–Crippen MR) is 98.0 cm³/mol. The average molecular weight is 361 g/mol.